The molecule has 0 bridgehead atoms. The van der Waals surface area contributed by atoms with Crippen molar-refractivity contribution in [3.63, 3.8) is 0 Å². The van der Waals surface area contributed by atoms with Crippen LogP contribution in [-0.4, -0.2) is 28.2 Å². The average molecular weight is 256 g/mol. The summed E-state index contributed by atoms with van der Waals surface area (Å²) in [5, 5.41) is 11.7. The van der Waals surface area contributed by atoms with E-state index in [0.717, 1.165) is 21.9 Å². The molecule has 5 nitrogen and oxygen atoms in total. The number of carbonyl (C=O) groups excluding carboxylic acids is 1. The van der Waals surface area contributed by atoms with Crippen LogP contribution in [0.25, 0.3) is 21.9 Å². The van der Waals surface area contributed by atoms with Crippen LogP contribution in [0.2, 0.25) is 0 Å². The van der Waals surface area contributed by atoms with Crippen molar-refractivity contribution in [2.24, 2.45) is 0 Å². The van der Waals surface area contributed by atoms with E-state index in [9.17, 15) is 9.90 Å². The smallest absolute Gasteiger partial charge is 0.339 e. The van der Waals surface area contributed by atoms with E-state index in [4.69, 9.17) is 0 Å². The molecule has 0 spiro atoms. The zero-order valence-corrected chi connectivity index (χ0v) is 10.3. The van der Waals surface area contributed by atoms with Gasteiger partial charge >= 0.3 is 5.97 Å². The molecule has 0 amide bonds. The van der Waals surface area contributed by atoms with Crippen LogP contribution < -0.4 is 0 Å². The number of hydrogen-bond donors (Lipinski definition) is 2. The van der Waals surface area contributed by atoms with Gasteiger partial charge in [0.2, 0.25) is 0 Å². The van der Waals surface area contributed by atoms with E-state index >= 15 is 0 Å². The highest BCUT2D eigenvalue weighted by Gasteiger charge is 2.18. The van der Waals surface area contributed by atoms with Gasteiger partial charge < -0.3 is 14.8 Å². The molecule has 1 aromatic carbocycles. The Bertz CT molecular complexity index is 764. The number of benzene rings is 1. The quantitative estimate of drug-likeness (QED) is 0.687. The summed E-state index contributed by atoms with van der Waals surface area (Å²) in [6.07, 6.45) is 0.443. The highest BCUT2D eigenvalue weighted by atomic mass is 16.5. The summed E-state index contributed by atoms with van der Waals surface area (Å²) >= 11 is 0. The SMILES string of the molecule is COC(=O)C(O)c1ccc2[nH]c3ncccc3c2c1. The molecule has 5 heteroatoms. The number of aliphatic hydroxyl groups excluding tert-OH is 1. The number of fused-ring (bicyclic) bond motifs is 3. The van der Waals surface area contributed by atoms with Crippen molar-refractivity contribution in [3.8, 4) is 0 Å². The number of methoxy groups -OCH3 is 1. The molecular formula is C14H12N2O3. The molecule has 2 aromatic heterocycles. The zero-order valence-electron chi connectivity index (χ0n) is 10.3. The van der Waals surface area contributed by atoms with Crippen LogP contribution in [0, 0.1) is 0 Å². The van der Waals surface area contributed by atoms with Crippen LogP contribution in [0.4, 0.5) is 0 Å². The Kier molecular flexibility index (Phi) is 2.68. The zero-order chi connectivity index (χ0) is 13.4. The second-order valence-electron chi connectivity index (χ2n) is 4.26. The molecule has 0 saturated carbocycles. The molecule has 19 heavy (non-hydrogen) atoms. The van der Waals surface area contributed by atoms with Gasteiger partial charge in [0.15, 0.2) is 6.10 Å². The highest BCUT2D eigenvalue weighted by Crippen LogP contribution is 2.27. The molecule has 0 aliphatic rings. The van der Waals surface area contributed by atoms with Gasteiger partial charge in [-0.3, -0.25) is 0 Å². The number of rotatable bonds is 2. The average Bonchev–Trinajstić information content (AvgIpc) is 2.83. The first-order valence-electron chi connectivity index (χ1n) is 5.83. The van der Waals surface area contributed by atoms with Gasteiger partial charge in [-0.15, -0.1) is 0 Å². The van der Waals surface area contributed by atoms with E-state index in [-0.39, 0.29) is 0 Å². The van der Waals surface area contributed by atoms with Gasteiger partial charge in [-0.2, -0.15) is 0 Å². The summed E-state index contributed by atoms with van der Waals surface area (Å²) < 4.78 is 4.54. The number of aliphatic hydroxyl groups is 1. The Balaban J connectivity index is 2.19. The molecule has 0 aliphatic heterocycles. The van der Waals surface area contributed by atoms with Gasteiger partial charge in [-0.05, 0) is 29.8 Å². The predicted molar refractivity (Wildman–Crippen MR) is 70.6 cm³/mol. The number of ether oxygens (including phenoxy) is 1. The van der Waals surface area contributed by atoms with Gasteiger partial charge in [-0.1, -0.05) is 6.07 Å². The summed E-state index contributed by atoms with van der Waals surface area (Å²) in [6.45, 7) is 0. The third-order valence-corrected chi connectivity index (χ3v) is 3.13. The third-order valence-electron chi connectivity index (χ3n) is 3.13. The second kappa shape index (κ2) is 4.37. The fourth-order valence-electron chi connectivity index (χ4n) is 2.16. The first-order valence-corrected chi connectivity index (χ1v) is 5.83. The molecule has 3 aromatic rings. The van der Waals surface area contributed by atoms with Crippen molar-refractivity contribution in [3.05, 3.63) is 42.1 Å². The topological polar surface area (TPSA) is 75.2 Å². The van der Waals surface area contributed by atoms with Gasteiger partial charge in [0.25, 0.3) is 0 Å². The summed E-state index contributed by atoms with van der Waals surface area (Å²) in [5.41, 5.74) is 2.20. The van der Waals surface area contributed by atoms with E-state index in [1.807, 2.05) is 18.2 Å². The predicted octanol–water partition coefficient (Wildman–Crippen LogP) is 1.92. The number of aromatic amines is 1. The van der Waals surface area contributed by atoms with Crippen molar-refractivity contribution in [2.45, 2.75) is 6.10 Å². The molecule has 2 N–H and O–H groups in total. The van der Waals surface area contributed by atoms with Crippen molar-refractivity contribution in [2.75, 3.05) is 7.11 Å². The molecule has 0 saturated heterocycles. The first kappa shape index (κ1) is 11.7. The van der Waals surface area contributed by atoms with Gasteiger partial charge in [0.1, 0.15) is 5.65 Å². The number of nitrogens with one attached hydrogen (secondary N) is 1. The van der Waals surface area contributed by atoms with Crippen LogP contribution in [0.15, 0.2) is 36.5 Å². The van der Waals surface area contributed by atoms with Crippen LogP contribution in [0.1, 0.15) is 11.7 Å². The second-order valence-corrected chi connectivity index (χ2v) is 4.26. The van der Waals surface area contributed by atoms with Gasteiger partial charge in [0.05, 0.1) is 7.11 Å². The maximum atomic E-state index is 11.4. The lowest BCUT2D eigenvalue weighted by Crippen LogP contribution is -2.13. The molecule has 3 rings (SSSR count). The van der Waals surface area contributed by atoms with Crippen molar-refractivity contribution < 1.29 is 14.6 Å². The Labute approximate surface area is 108 Å². The maximum absolute atomic E-state index is 11.4. The van der Waals surface area contributed by atoms with Crippen LogP contribution in [0.3, 0.4) is 0 Å². The number of nitrogens with zero attached hydrogens (tertiary/aromatic N) is 1. The van der Waals surface area contributed by atoms with Gasteiger partial charge in [-0.25, -0.2) is 9.78 Å². The Morgan fingerprint density at radius 2 is 2.21 bits per heavy atom. The Morgan fingerprint density at radius 1 is 1.37 bits per heavy atom. The van der Waals surface area contributed by atoms with Crippen LogP contribution >= 0.6 is 0 Å². The minimum absolute atomic E-state index is 0.504. The maximum Gasteiger partial charge on any atom is 0.339 e. The molecule has 96 valence electrons. The van der Waals surface area contributed by atoms with Crippen molar-refractivity contribution in [1.29, 1.82) is 0 Å². The largest absolute Gasteiger partial charge is 0.467 e. The molecule has 0 radical (unpaired) electrons. The lowest BCUT2D eigenvalue weighted by atomic mass is 10.1. The fraction of sp³-hybridized carbons (Fsp3) is 0.143. The first-order chi connectivity index (χ1) is 9.20. The van der Waals surface area contributed by atoms with Crippen LogP contribution in [-0.2, 0) is 9.53 Å². The van der Waals surface area contributed by atoms with E-state index in [2.05, 4.69) is 14.7 Å². The summed E-state index contributed by atoms with van der Waals surface area (Å²) in [7, 11) is 1.25. The highest BCUT2D eigenvalue weighted by molar-refractivity contribution is 6.06. The van der Waals surface area contributed by atoms with E-state index in [1.165, 1.54) is 7.11 Å². The number of esters is 1. The van der Waals surface area contributed by atoms with Crippen molar-refractivity contribution in [1.82, 2.24) is 9.97 Å². The van der Waals surface area contributed by atoms with E-state index in [1.54, 1.807) is 18.3 Å². The third kappa shape index (κ3) is 1.84. The Hall–Kier alpha value is -2.40. The summed E-state index contributed by atoms with van der Waals surface area (Å²) in [5.74, 6) is -0.669. The molecule has 1 unspecified atom stereocenters. The minimum atomic E-state index is -1.27. The monoisotopic (exact) mass is 256 g/mol. The minimum Gasteiger partial charge on any atom is -0.467 e. The lowest BCUT2D eigenvalue weighted by Gasteiger charge is -2.08. The normalized spacial score (nSPS) is 12.7. The summed E-state index contributed by atoms with van der Waals surface area (Å²) in [6, 6.07) is 9.07. The Morgan fingerprint density at radius 3 is 3.00 bits per heavy atom. The lowest BCUT2D eigenvalue weighted by molar-refractivity contribution is -0.150. The molecule has 0 aliphatic carbocycles. The van der Waals surface area contributed by atoms with E-state index < -0.39 is 12.1 Å². The van der Waals surface area contributed by atoms with Crippen LogP contribution in [0.5, 0.6) is 0 Å². The summed E-state index contributed by atoms with van der Waals surface area (Å²) in [4.78, 5) is 18.8. The van der Waals surface area contributed by atoms with E-state index in [0.29, 0.717) is 5.56 Å². The van der Waals surface area contributed by atoms with Gasteiger partial charge in [0, 0.05) is 22.5 Å². The molecule has 2 heterocycles. The standard InChI is InChI=1S/C14H12N2O3/c1-19-14(18)12(17)8-4-5-11-10(7-8)9-3-2-6-15-13(9)16-11/h2-7,12,17H,1H3,(H,15,16). The number of pyridine rings is 1. The molecule has 1 atom stereocenters. The fourth-order valence-corrected chi connectivity index (χ4v) is 2.16. The number of aromatic nitrogens is 2. The number of H-pyrrole nitrogens is 1. The molecular weight excluding hydrogens is 244 g/mol. The number of carbonyl (C=O) groups is 1. The van der Waals surface area contributed by atoms with Crippen molar-refractivity contribution >= 4 is 27.9 Å². The molecule has 0 fully saturated rings. The number of hydrogen-bond acceptors (Lipinski definition) is 4.